The van der Waals surface area contributed by atoms with Gasteiger partial charge in [-0.05, 0) is 68.1 Å². The Morgan fingerprint density at radius 2 is 1.70 bits per heavy atom. The number of ether oxygens (including phenoxy) is 1. The number of nitrogens with one attached hydrogen (secondary N) is 1. The molecule has 1 atom stereocenters. The van der Waals surface area contributed by atoms with Gasteiger partial charge in [-0.15, -0.1) is 0 Å². The highest BCUT2D eigenvalue weighted by Gasteiger charge is 2.28. The average Bonchev–Trinajstić information content (AvgIpc) is 2.68. The first-order valence-electron chi connectivity index (χ1n) is 9.97. The van der Waals surface area contributed by atoms with E-state index in [1.54, 1.807) is 18.2 Å². The largest absolute Gasteiger partial charge is 0.484 e. The van der Waals surface area contributed by atoms with Gasteiger partial charge in [-0.2, -0.15) is 0 Å². The second-order valence-electron chi connectivity index (χ2n) is 7.20. The SMILES string of the molecule is CCNC(=O)[C@@H](CC)N(Cc1ccc(Cl)c(Cl)c1)C(=O)COc1cc(C)cc(C)c1. The quantitative estimate of drug-likeness (QED) is 0.588. The molecular weight excluding hydrogens is 423 g/mol. The fourth-order valence-corrected chi connectivity index (χ4v) is 3.61. The Balaban J connectivity index is 2.24. The summed E-state index contributed by atoms with van der Waals surface area (Å²) >= 11 is 12.1. The maximum Gasteiger partial charge on any atom is 0.261 e. The summed E-state index contributed by atoms with van der Waals surface area (Å²) in [4.78, 5) is 27.3. The summed E-state index contributed by atoms with van der Waals surface area (Å²) in [6.07, 6.45) is 0.475. The van der Waals surface area contributed by atoms with Gasteiger partial charge in [0, 0.05) is 13.1 Å². The molecule has 0 unspecified atom stereocenters. The van der Waals surface area contributed by atoms with Gasteiger partial charge in [-0.1, -0.05) is 42.3 Å². The number of carbonyl (C=O) groups is 2. The number of likely N-dealkylation sites (N-methyl/N-ethyl adjacent to an activating group) is 1. The first-order valence-corrected chi connectivity index (χ1v) is 10.7. The van der Waals surface area contributed by atoms with Gasteiger partial charge in [-0.25, -0.2) is 0 Å². The van der Waals surface area contributed by atoms with Crippen LogP contribution in [0.25, 0.3) is 0 Å². The number of carbonyl (C=O) groups excluding carboxylic acids is 2. The van der Waals surface area contributed by atoms with E-state index in [0.717, 1.165) is 16.7 Å². The zero-order chi connectivity index (χ0) is 22.3. The smallest absolute Gasteiger partial charge is 0.261 e. The maximum atomic E-state index is 13.1. The molecule has 2 amide bonds. The van der Waals surface area contributed by atoms with Crippen LogP contribution in [0.1, 0.15) is 37.0 Å². The molecule has 0 fully saturated rings. The lowest BCUT2D eigenvalue weighted by molar-refractivity contribution is -0.142. The third kappa shape index (κ3) is 6.64. The van der Waals surface area contributed by atoms with E-state index < -0.39 is 6.04 Å². The molecule has 0 heterocycles. The van der Waals surface area contributed by atoms with E-state index in [1.807, 2.05) is 45.9 Å². The van der Waals surface area contributed by atoms with Crippen LogP contribution in [-0.4, -0.2) is 35.9 Å². The lowest BCUT2D eigenvalue weighted by atomic mass is 10.1. The van der Waals surface area contributed by atoms with Crippen molar-refractivity contribution < 1.29 is 14.3 Å². The zero-order valence-electron chi connectivity index (χ0n) is 17.8. The number of rotatable bonds is 9. The third-order valence-electron chi connectivity index (χ3n) is 4.63. The summed E-state index contributed by atoms with van der Waals surface area (Å²) < 4.78 is 5.76. The van der Waals surface area contributed by atoms with E-state index in [1.165, 1.54) is 4.90 Å². The van der Waals surface area contributed by atoms with Crippen molar-refractivity contribution in [2.75, 3.05) is 13.2 Å². The van der Waals surface area contributed by atoms with Crippen molar-refractivity contribution in [1.82, 2.24) is 10.2 Å². The van der Waals surface area contributed by atoms with Crippen LogP contribution in [0.15, 0.2) is 36.4 Å². The fraction of sp³-hybridized carbons (Fsp3) is 0.391. The molecule has 0 aliphatic rings. The Hall–Kier alpha value is -2.24. The first-order chi connectivity index (χ1) is 14.2. The molecule has 0 aliphatic heterocycles. The molecule has 1 N–H and O–H groups in total. The number of hydrogen-bond acceptors (Lipinski definition) is 3. The van der Waals surface area contributed by atoms with Gasteiger partial charge in [-0.3, -0.25) is 9.59 Å². The Bertz CT molecular complexity index is 882. The van der Waals surface area contributed by atoms with Crippen LogP contribution >= 0.6 is 23.2 Å². The Kier molecular flexibility index (Phi) is 9.00. The molecule has 7 heteroatoms. The highest BCUT2D eigenvalue weighted by atomic mass is 35.5. The van der Waals surface area contributed by atoms with E-state index in [2.05, 4.69) is 5.32 Å². The van der Waals surface area contributed by atoms with Gasteiger partial charge in [0.25, 0.3) is 5.91 Å². The molecule has 0 aromatic heterocycles. The van der Waals surface area contributed by atoms with E-state index in [4.69, 9.17) is 27.9 Å². The van der Waals surface area contributed by atoms with Crippen molar-refractivity contribution in [1.29, 1.82) is 0 Å². The van der Waals surface area contributed by atoms with Crippen LogP contribution in [0.2, 0.25) is 10.0 Å². The minimum atomic E-state index is -0.616. The van der Waals surface area contributed by atoms with E-state index in [-0.39, 0.29) is 25.0 Å². The number of halogens is 2. The maximum absolute atomic E-state index is 13.1. The van der Waals surface area contributed by atoms with Crippen LogP contribution in [0.4, 0.5) is 0 Å². The van der Waals surface area contributed by atoms with Crippen molar-refractivity contribution >= 4 is 35.0 Å². The number of nitrogens with zero attached hydrogens (tertiary/aromatic N) is 1. The predicted octanol–water partition coefficient (Wildman–Crippen LogP) is 4.93. The minimum absolute atomic E-state index is 0.167. The summed E-state index contributed by atoms with van der Waals surface area (Å²) in [5, 5.41) is 3.65. The summed E-state index contributed by atoms with van der Waals surface area (Å²) in [5.41, 5.74) is 2.89. The Morgan fingerprint density at radius 3 is 2.27 bits per heavy atom. The fourth-order valence-electron chi connectivity index (χ4n) is 3.29. The lowest BCUT2D eigenvalue weighted by Crippen LogP contribution is -2.50. The van der Waals surface area contributed by atoms with Crippen LogP contribution in [0, 0.1) is 13.8 Å². The molecule has 2 aromatic rings. The predicted molar refractivity (Wildman–Crippen MR) is 121 cm³/mol. The zero-order valence-corrected chi connectivity index (χ0v) is 19.3. The van der Waals surface area contributed by atoms with Crippen molar-refractivity contribution in [3.05, 3.63) is 63.1 Å². The average molecular weight is 451 g/mol. The molecule has 30 heavy (non-hydrogen) atoms. The Morgan fingerprint density at radius 1 is 1.03 bits per heavy atom. The molecule has 162 valence electrons. The van der Waals surface area contributed by atoms with E-state index in [9.17, 15) is 9.59 Å². The van der Waals surface area contributed by atoms with Gasteiger partial charge in [0.05, 0.1) is 10.0 Å². The van der Waals surface area contributed by atoms with Crippen molar-refractivity contribution in [3.63, 3.8) is 0 Å². The van der Waals surface area contributed by atoms with Gasteiger partial charge in [0.2, 0.25) is 5.91 Å². The molecular formula is C23H28Cl2N2O3. The molecule has 5 nitrogen and oxygen atoms in total. The van der Waals surface area contributed by atoms with Gasteiger partial charge in [0.15, 0.2) is 6.61 Å². The van der Waals surface area contributed by atoms with Crippen LogP contribution < -0.4 is 10.1 Å². The molecule has 0 spiro atoms. The summed E-state index contributed by atoms with van der Waals surface area (Å²) in [6.45, 7) is 8.21. The van der Waals surface area contributed by atoms with Crippen molar-refractivity contribution in [2.45, 2.75) is 46.7 Å². The van der Waals surface area contributed by atoms with Gasteiger partial charge in [0.1, 0.15) is 11.8 Å². The van der Waals surface area contributed by atoms with E-state index >= 15 is 0 Å². The lowest BCUT2D eigenvalue weighted by Gasteiger charge is -2.30. The molecule has 0 saturated heterocycles. The summed E-state index contributed by atoms with van der Waals surface area (Å²) in [7, 11) is 0. The molecule has 0 bridgehead atoms. The summed E-state index contributed by atoms with van der Waals surface area (Å²) in [6, 6.07) is 10.4. The minimum Gasteiger partial charge on any atom is -0.484 e. The molecule has 0 radical (unpaired) electrons. The second-order valence-corrected chi connectivity index (χ2v) is 8.02. The van der Waals surface area contributed by atoms with Gasteiger partial charge >= 0.3 is 0 Å². The number of benzene rings is 2. The van der Waals surface area contributed by atoms with Crippen LogP contribution in [0.5, 0.6) is 5.75 Å². The normalized spacial score (nSPS) is 11.7. The molecule has 2 aromatic carbocycles. The monoisotopic (exact) mass is 450 g/mol. The van der Waals surface area contributed by atoms with Gasteiger partial charge < -0.3 is 15.0 Å². The molecule has 0 saturated carbocycles. The van der Waals surface area contributed by atoms with Crippen LogP contribution in [0.3, 0.4) is 0 Å². The number of aryl methyl sites for hydroxylation is 2. The second kappa shape index (κ2) is 11.2. The number of amides is 2. The Labute approximate surface area is 188 Å². The van der Waals surface area contributed by atoms with E-state index in [0.29, 0.717) is 28.8 Å². The highest BCUT2D eigenvalue weighted by molar-refractivity contribution is 6.42. The van der Waals surface area contributed by atoms with Crippen LogP contribution in [-0.2, 0) is 16.1 Å². The molecule has 2 rings (SSSR count). The highest BCUT2D eigenvalue weighted by Crippen LogP contribution is 2.24. The third-order valence-corrected chi connectivity index (χ3v) is 5.37. The van der Waals surface area contributed by atoms with Crippen molar-refractivity contribution in [2.24, 2.45) is 0 Å². The topological polar surface area (TPSA) is 58.6 Å². The number of hydrogen-bond donors (Lipinski definition) is 1. The molecule has 0 aliphatic carbocycles. The first kappa shape index (κ1) is 24.0. The standard InChI is InChI=1S/C23H28Cl2N2O3/c1-5-21(23(29)26-6-2)27(13-17-7-8-19(24)20(25)12-17)22(28)14-30-18-10-15(3)9-16(4)11-18/h7-12,21H,5-6,13-14H2,1-4H3,(H,26,29)/t21-/m1/s1. The van der Waals surface area contributed by atoms with Crippen molar-refractivity contribution in [3.8, 4) is 5.75 Å². The summed E-state index contributed by atoms with van der Waals surface area (Å²) in [5.74, 6) is 0.152.